The maximum Gasteiger partial charge on any atom is 0.184 e. The zero-order chi connectivity index (χ0) is 19.9. The van der Waals surface area contributed by atoms with E-state index in [4.69, 9.17) is 4.74 Å². The van der Waals surface area contributed by atoms with E-state index in [2.05, 4.69) is 104 Å². The smallest absolute Gasteiger partial charge is 0.184 e. The molecule has 0 radical (unpaired) electrons. The second kappa shape index (κ2) is 8.79. The number of rotatable bonds is 7. The summed E-state index contributed by atoms with van der Waals surface area (Å²) in [5, 5.41) is 0. The van der Waals surface area contributed by atoms with E-state index in [1.807, 2.05) is 18.2 Å². The Morgan fingerprint density at radius 1 is 0.552 bits per heavy atom. The molecule has 0 aliphatic heterocycles. The Bertz CT molecular complexity index is 909. The third-order valence-corrected chi connectivity index (χ3v) is 5.27. The van der Waals surface area contributed by atoms with Crippen LogP contribution in [-0.4, -0.2) is 0 Å². The molecule has 29 heavy (non-hydrogen) atoms. The Morgan fingerprint density at radius 3 is 1.34 bits per heavy atom. The lowest BCUT2D eigenvalue weighted by Gasteiger charge is -2.36. The fraction of sp³-hybridized carbons (Fsp3) is 0.143. The summed E-state index contributed by atoms with van der Waals surface area (Å²) in [5.41, 5.74) is 3.93. The van der Waals surface area contributed by atoms with Crippen molar-refractivity contribution < 1.29 is 4.74 Å². The highest BCUT2D eigenvalue weighted by atomic mass is 16.5. The van der Waals surface area contributed by atoms with Crippen LogP contribution in [0.2, 0.25) is 0 Å². The van der Waals surface area contributed by atoms with Gasteiger partial charge in [0.2, 0.25) is 0 Å². The molecule has 0 saturated carbocycles. The highest BCUT2D eigenvalue weighted by molar-refractivity contribution is 5.49. The number of hydrogen-bond acceptors (Lipinski definition) is 1. The fourth-order valence-corrected chi connectivity index (χ4v) is 3.88. The molecule has 0 aromatic heterocycles. The average Bonchev–Trinajstić information content (AvgIpc) is 2.80. The molecule has 1 nitrogen and oxygen atoms in total. The van der Waals surface area contributed by atoms with Crippen molar-refractivity contribution in [3.05, 3.63) is 138 Å². The lowest BCUT2D eigenvalue weighted by atomic mass is 9.80. The minimum Gasteiger partial charge on any atom is -0.473 e. The summed E-state index contributed by atoms with van der Waals surface area (Å²) in [6.07, 6.45) is 2.23. The van der Waals surface area contributed by atoms with Crippen molar-refractivity contribution in [1.82, 2.24) is 0 Å². The molecule has 0 amide bonds. The van der Waals surface area contributed by atoms with Crippen LogP contribution >= 0.6 is 0 Å². The summed E-state index contributed by atoms with van der Waals surface area (Å²) in [7, 11) is 0. The molecule has 0 aliphatic carbocycles. The lowest BCUT2D eigenvalue weighted by Crippen LogP contribution is -2.36. The standard InChI is InChI=1S/C28H26O/c1-2-12-23-19-21-27(22-20-23)29-28(24-13-6-3-7-14-24,25-15-8-4-9-16-25)26-17-10-5-11-18-26/h3-11,13-22H,2,12H2,1H3. The third kappa shape index (κ3) is 3.95. The minimum absolute atomic E-state index is 0.726. The minimum atomic E-state index is -0.726. The van der Waals surface area contributed by atoms with Gasteiger partial charge in [0, 0.05) is 16.7 Å². The number of hydrogen-bond donors (Lipinski definition) is 0. The second-order valence-corrected chi connectivity index (χ2v) is 7.28. The van der Waals surface area contributed by atoms with Gasteiger partial charge in [0.05, 0.1) is 0 Å². The van der Waals surface area contributed by atoms with Crippen molar-refractivity contribution in [2.45, 2.75) is 25.4 Å². The van der Waals surface area contributed by atoms with E-state index < -0.39 is 5.60 Å². The first-order valence-electron chi connectivity index (χ1n) is 10.3. The van der Waals surface area contributed by atoms with Gasteiger partial charge in [-0.15, -0.1) is 0 Å². The highest BCUT2D eigenvalue weighted by Crippen LogP contribution is 2.41. The molecule has 0 fully saturated rings. The largest absolute Gasteiger partial charge is 0.473 e. The Morgan fingerprint density at radius 2 is 0.966 bits per heavy atom. The quantitative estimate of drug-likeness (QED) is 0.314. The molecule has 0 aliphatic rings. The molecule has 0 unspecified atom stereocenters. The first-order valence-corrected chi connectivity index (χ1v) is 10.3. The zero-order valence-electron chi connectivity index (χ0n) is 16.8. The Hall–Kier alpha value is -3.32. The van der Waals surface area contributed by atoms with Crippen LogP contribution in [0.4, 0.5) is 0 Å². The van der Waals surface area contributed by atoms with Crippen LogP contribution in [-0.2, 0) is 12.0 Å². The van der Waals surface area contributed by atoms with Gasteiger partial charge in [0.15, 0.2) is 5.60 Å². The van der Waals surface area contributed by atoms with Gasteiger partial charge in [-0.05, 0) is 24.1 Å². The van der Waals surface area contributed by atoms with E-state index in [9.17, 15) is 0 Å². The molecule has 0 saturated heterocycles. The molecule has 4 rings (SSSR count). The van der Waals surface area contributed by atoms with E-state index in [1.165, 1.54) is 5.56 Å². The van der Waals surface area contributed by atoms with Crippen LogP contribution in [0.5, 0.6) is 5.75 Å². The molecule has 0 bridgehead atoms. The Balaban J connectivity index is 1.90. The van der Waals surface area contributed by atoms with Crippen molar-refractivity contribution in [2.24, 2.45) is 0 Å². The maximum absolute atomic E-state index is 6.89. The SMILES string of the molecule is CCCc1ccc(OC(c2ccccc2)(c2ccccc2)c2ccccc2)cc1. The molecule has 4 aromatic rings. The predicted molar refractivity (Wildman–Crippen MR) is 120 cm³/mol. The summed E-state index contributed by atoms with van der Waals surface area (Å²) in [6.45, 7) is 2.20. The molecule has 0 atom stereocenters. The second-order valence-electron chi connectivity index (χ2n) is 7.28. The average molecular weight is 379 g/mol. The predicted octanol–water partition coefficient (Wildman–Crippen LogP) is 7.01. The molecule has 0 N–H and O–H groups in total. The molecule has 144 valence electrons. The van der Waals surface area contributed by atoms with Crippen molar-refractivity contribution >= 4 is 0 Å². The topological polar surface area (TPSA) is 9.23 Å². The lowest BCUT2D eigenvalue weighted by molar-refractivity contribution is 0.155. The summed E-state index contributed by atoms with van der Waals surface area (Å²) in [5.74, 6) is 0.862. The van der Waals surface area contributed by atoms with E-state index in [1.54, 1.807) is 0 Å². The Labute approximate surface area is 173 Å². The molecule has 4 aromatic carbocycles. The molecule has 0 heterocycles. The van der Waals surface area contributed by atoms with Gasteiger partial charge in [-0.2, -0.15) is 0 Å². The van der Waals surface area contributed by atoms with Gasteiger partial charge in [-0.3, -0.25) is 0 Å². The molecule has 1 heteroatoms. The van der Waals surface area contributed by atoms with E-state index in [0.717, 1.165) is 35.3 Å². The summed E-state index contributed by atoms with van der Waals surface area (Å²) in [4.78, 5) is 0. The van der Waals surface area contributed by atoms with Crippen LogP contribution in [0.15, 0.2) is 115 Å². The van der Waals surface area contributed by atoms with Crippen molar-refractivity contribution in [3.8, 4) is 5.75 Å². The summed E-state index contributed by atoms with van der Waals surface area (Å²) >= 11 is 0. The number of ether oxygens (including phenoxy) is 1. The van der Waals surface area contributed by atoms with Gasteiger partial charge in [-0.25, -0.2) is 0 Å². The first kappa shape index (κ1) is 19.0. The fourth-order valence-electron chi connectivity index (χ4n) is 3.88. The molecular weight excluding hydrogens is 352 g/mol. The number of benzene rings is 4. The van der Waals surface area contributed by atoms with Crippen LogP contribution < -0.4 is 4.74 Å². The van der Waals surface area contributed by atoms with Crippen LogP contribution in [0, 0.1) is 0 Å². The first-order chi connectivity index (χ1) is 14.3. The van der Waals surface area contributed by atoms with Crippen LogP contribution in [0.1, 0.15) is 35.6 Å². The van der Waals surface area contributed by atoms with Crippen molar-refractivity contribution in [3.63, 3.8) is 0 Å². The van der Waals surface area contributed by atoms with Gasteiger partial charge < -0.3 is 4.74 Å². The molecule has 0 spiro atoms. The van der Waals surface area contributed by atoms with E-state index in [-0.39, 0.29) is 0 Å². The van der Waals surface area contributed by atoms with Gasteiger partial charge in [0.1, 0.15) is 5.75 Å². The van der Waals surface area contributed by atoms with Gasteiger partial charge in [0.25, 0.3) is 0 Å². The normalized spacial score (nSPS) is 11.2. The van der Waals surface area contributed by atoms with E-state index in [0.29, 0.717) is 0 Å². The van der Waals surface area contributed by atoms with Gasteiger partial charge in [-0.1, -0.05) is 116 Å². The summed E-state index contributed by atoms with van der Waals surface area (Å²) < 4.78 is 6.89. The Kier molecular flexibility index (Phi) is 5.76. The highest BCUT2D eigenvalue weighted by Gasteiger charge is 2.38. The zero-order valence-corrected chi connectivity index (χ0v) is 16.8. The van der Waals surface area contributed by atoms with Crippen LogP contribution in [0.25, 0.3) is 0 Å². The summed E-state index contributed by atoms with van der Waals surface area (Å²) in [6, 6.07) is 40.0. The van der Waals surface area contributed by atoms with Crippen LogP contribution in [0.3, 0.4) is 0 Å². The van der Waals surface area contributed by atoms with Crippen molar-refractivity contribution in [2.75, 3.05) is 0 Å². The third-order valence-electron chi connectivity index (χ3n) is 5.27. The van der Waals surface area contributed by atoms with Gasteiger partial charge >= 0.3 is 0 Å². The molecular formula is C28H26O. The number of aryl methyl sites for hydroxylation is 1. The maximum atomic E-state index is 6.89. The monoisotopic (exact) mass is 378 g/mol. The van der Waals surface area contributed by atoms with E-state index >= 15 is 0 Å². The van der Waals surface area contributed by atoms with Crippen molar-refractivity contribution in [1.29, 1.82) is 0 Å².